The van der Waals surface area contributed by atoms with Crippen molar-refractivity contribution in [3.8, 4) is 0 Å². The molecule has 1 atom stereocenters. The van der Waals surface area contributed by atoms with Gasteiger partial charge in [0.25, 0.3) is 0 Å². The van der Waals surface area contributed by atoms with Crippen molar-refractivity contribution in [3.05, 3.63) is 30.1 Å². The van der Waals surface area contributed by atoms with Crippen LogP contribution in [0.2, 0.25) is 0 Å². The van der Waals surface area contributed by atoms with Gasteiger partial charge in [0.05, 0.1) is 6.10 Å². The fourth-order valence-electron chi connectivity index (χ4n) is 2.78. The highest BCUT2D eigenvalue weighted by Gasteiger charge is 2.19. The Balaban J connectivity index is 1.65. The van der Waals surface area contributed by atoms with Crippen LogP contribution in [-0.2, 0) is 6.54 Å². The van der Waals surface area contributed by atoms with E-state index in [9.17, 15) is 5.11 Å². The summed E-state index contributed by atoms with van der Waals surface area (Å²) in [5.74, 6) is 0. The van der Waals surface area contributed by atoms with E-state index in [1.807, 2.05) is 12.4 Å². The van der Waals surface area contributed by atoms with Crippen LogP contribution < -0.4 is 5.32 Å². The van der Waals surface area contributed by atoms with Gasteiger partial charge < -0.3 is 10.4 Å². The summed E-state index contributed by atoms with van der Waals surface area (Å²) in [6.45, 7) is 6.13. The SMILES string of the molecule is CCCC(O)CNC1CCN(Cc2ccncc2)CC1. The second-order valence-corrected chi connectivity index (χ2v) is 5.76. The molecule has 1 aliphatic heterocycles. The highest BCUT2D eigenvalue weighted by molar-refractivity contribution is 5.09. The summed E-state index contributed by atoms with van der Waals surface area (Å²) in [6, 6.07) is 4.74. The van der Waals surface area contributed by atoms with Gasteiger partial charge in [-0.15, -0.1) is 0 Å². The fraction of sp³-hybridized carbons (Fsp3) is 0.688. The molecule has 1 aromatic rings. The van der Waals surface area contributed by atoms with Crippen molar-refractivity contribution in [2.24, 2.45) is 0 Å². The monoisotopic (exact) mass is 277 g/mol. The number of hydrogen-bond acceptors (Lipinski definition) is 4. The average Bonchev–Trinajstić information content (AvgIpc) is 2.48. The van der Waals surface area contributed by atoms with Crippen molar-refractivity contribution in [2.75, 3.05) is 19.6 Å². The number of rotatable bonds is 7. The highest BCUT2D eigenvalue weighted by atomic mass is 16.3. The summed E-state index contributed by atoms with van der Waals surface area (Å²) in [5, 5.41) is 13.3. The second-order valence-electron chi connectivity index (χ2n) is 5.76. The Morgan fingerprint density at radius 3 is 2.70 bits per heavy atom. The minimum absolute atomic E-state index is 0.185. The van der Waals surface area contributed by atoms with Crippen LogP contribution in [0.5, 0.6) is 0 Å². The molecule has 1 unspecified atom stereocenters. The molecule has 0 aromatic carbocycles. The number of nitrogens with zero attached hydrogens (tertiary/aromatic N) is 2. The first-order valence-electron chi connectivity index (χ1n) is 7.80. The molecule has 0 spiro atoms. The third-order valence-corrected chi connectivity index (χ3v) is 4.01. The minimum Gasteiger partial charge on any atom is -0.392 e. The molecule has 1 aliphatic rings. The average molecular weight is 277 g/mol. The number of nitrogens with one attached hydrogen (secondary N) is 1. The second kappa shape index (κ2) is 8.35. The molecule has 1 fully saturated rings. The van der Waals surface area contributed by atoms with Crippen LogP contribution in [0.4, 0.5) is 0 Å². The minimum atomic E-state index is -0.185. The van der Waals surface area contributed by atoms with Gasteiger partial charge in [0, 0.05) is 31.5 Å². The maximum atomic E-state index is 9.75. The number of likely N-dealkylation sites (tertiary alicyclic amines) is 1. The van der Waals surface area contributed by atoms with Crippen molar-refractivity contribution in [2.45, 2.75) is 51.3 Å². The van der Waals surface area contributed by atoms with E-state index >= 15 is 0 Å². The zero-order chi connectivity index (χ0) is 14.2. The molecular weight excluding hydrogens is 250 g/mol. The summed E-state index contributed by atoms with van der Waals surface area (Å²) in [5.41, 5.74) is 1.34. The molecule has 1 aromatic heterocycles. The molecule has 0 saturated carbocycles. The quantitative estimate of drug-likeness (QED) is 0.798. The summed E-state index contributed by atoms with van der Waals surface area (Å²) in [4.78, 5) is 6.55. The summed E-state index contributed by atoms with van der Waals surface area (Å²) >= 11 is 0. The lowest BCUT2D eigenvalue weighted by molar-refractivity contribution is 0.140. The largest absolute Gasteiger partial charge is 0.392 e. The lowest BCUT2D eigenvalue weighted by atomic mass is 10.0. The molecule has 0 amide bonds. The Bertz CT molecular complexity index is 363. The Morgan fingerprint density at radius 2 is 2.05 bits per heavy atom. The van der Waals surface area contributed by atoms with Crippen LogP contribution in [0.1, 0.15) is 38.2 Å². The molecule has 4 nitrogen and oxygen atoms in total. The first-order chi connectivity index (χ1) is 9.78. The molecule has 1 saturated heterocycles. The number of hydrogen-bond donors (Lipinski definition) is 2. The van der Waals surface area contributed by atoms with E-state index in [-0.39, 0.29) is 6.10 Å². The summed E-state index contributed by atoms with van der Waals surface area (Å²) in [7, 11) is 0. The number of aliphatic hydroxyl groups excluding tert-OH is 1. The van der Waals surface area contributed by atoms with E-state index in [4.69, 9.17) is 0 Å². The predicted molar refractivity (Wildman–Crippen MR) is 81.5 cm³/mol. The first-order valence-corrected chi connectivity index (χ1v) is 7.80. The first kappa shape index (κ1) is 15.4. The van der Waals surface area contributed by atoms with Crippen molar-refractivity contribution in [3.63, 3.8) is 0 Å². The number of piperidine rings is 1. The van der Waals surface area contributed by atoms with Gasteiger partial charge in [-0.3, -0.25) is 9.88 Å². The number of aromatic nitrogens is 1. The Morgan fingerprint density at radius 1 is 1.35 bits per heavy atom. The van der Waals surface area contributed by atoms with Crippen LogP contribution in [0.25, 0.3) is 0 Å². The topological polar surface area (TPSA) is 48.4 Å². The standard InChI is InChI=1S/C16H27N3O/c1-2-3-16(20)12-18-15-6-10-19(11-7-15)13-14-4-8-17-9-5-14/h4-5,8-9,15-16,18,20H,2-3,6-7,10-13H2,1H3. The van der Waals surface area contributed by atoms with Crippen LogP contribution in [0.15, 0.2) is 24.5 Å². The number of aliphatic hydroxyl groups is 1. The fourth-order valence-corrected chi connectivity index (χ4v) is 2.78. The zero-order valence-electron chi connectivity index (χ0n) is 12.5. The smallest absolute Gasteiger partial charge is 0.0664 e. The third-order valence-electron chi connectivity index (χ3n) is 4.01. The van der Waals surface area contributed by atoms with Gasteiger partial charge in [-0.2, -0.15) is 0 Å². The van der Waals surface area contributed by atoms with E-state index in [0.717, 1.165) is 39.0 Å². The van der Waals surface area contributed by atoms with Crippen LogP contribution in [0.3, 0.4) is 0 Å². The molecule has 0 aliphatic carbocycles. The van der Waals surface area contributed by atoms with E-state index in [1.165, 1.54) is 18.4 Å². The predicted octanol–water partition coefficient (Wildman–Crippen LogP) is 1.80. The van der Waals surface area contributed by atoms with Crippen LogP contribution >= 0.6 is 0 Å². The molecule has 112 valence electrons. The van der Waals surface area contributed by atoms with Crippen molar-refractivity contribution in [1.82, 2.24) is 15.2 Å². The molecular formula is C16H27N3O. The van der Waals surface area contributed by atoms with E-state index < -0.39 is 0 Å². The highest BCUT2D eigenvalue weighted by Crippen LogP contribution is 2.13. The Hall–Kier alpha value is -0.970. The Labute approximate surface area is 122 Å². The molecule has 4 heteroatoms. The lowest BCUT2D eigenvalue weighted by Gasteiger charge is -2.32. The maximum Gasteiger partial charge on any atom is 0.0664 e. The molecule has 20 heavy (non-hydrogen) atoms. The normalized spacial score (nSPS) is 19.1. The molecule has 0 radical (unpaired) electrons. The van der Waals surface area contributed by atoms with E-state index in [0.29, 0.717) is 6.04 Å². The van der Waals surface area contributed by atoms with Crippen LogP contribution in [0, 0.1) is 0 Å². The van der Waals surface area contributed by atoms with Gasteiger partial charge >= 0.3 is 0 Å². The van der Waals surface area contributed by atoms with Gasteiger partial charge in [0.1, 0.15) is 0 Å². The Kier molecular flexibility index (Phi) is 6.43. The third kappa shape index (κ3) is 5.19. The van der Waals surface area contributed by atoms with E-state index in [1.54, 1.807) is 0 Å². The van der Waals surface area contributed by atoms with Gasteiger partial charge in [0.2, 0.25) is 0 Å². The molecule has 2 N–H and O–H groups in total. The number of pyridine rings is 1. The molecule has 2 rings (SSSR count). The van der Waals surface area contributed by atoms with E-state index in [2.05, 4.69) is 34.3 Å². The van der Waals surface area contributed by atoms with Crippen molar-refractivity contribution in [1.29, 1.82) is 0 Å². The van der Waals surface area contributed by atoms with Gasteiger partial charge in [-0.25, -0.2) is 0 Å². The van der Waals surface area contributed by atoms with Crippen molar-refractivity contribution >= 4 is 0 Å². The lowest BCUT2D eigenvalue weighted by Crippen LogP contribution is -2.44. The summed E-state index contributed by atoms with van der Waals surface area (Å²) < 4.78 is 0. The zero-order valence-corrected chi connectivity index (χ0v) is 12.5. The maximum absolute atomic E-state index is 9.75. The summed E-state index contributed by atoms with van der Waals surface area (Å²) in [6.07, 6.45) is 7.82. The van der Waals surface area contributed by atoms with Gasteiger partial charge in [-0.1, -0.05) is 13.3 Å². The van der Waals surface area contributed by atoms with Crippen molar-refractivity contribution < 1.29 is 5.11 Å². The molecule has 0 bridgehead atoms. The van der Waals surface area contributed by atoms with Gasteiger partial charge in [0.15, 0.2) is 0 Å². The van der Waals surface area contributed by atoms with Gasteiger partial charge in [-0.05, 0) is 50.0 Å². The van der Waals surface area contributed by atoms with Crippen LogP contribution in [-0.4, -0.2) is 46.8 Å². The molecule has 2 heterocycles.